The van der Waals surface area contributed by atoms with Crippen molar-refractivity contribution in [3.8, 4) is 0 Å². The largest absolute Gasteiger partial charge is 0.428 e. The van der Waals surface area contributed by atoms with Crippen LogP contribution in [0.25, 0.3) is 0 Å². The highest BCUT2D eigenvalue weighted by atomic mass is 19.4. The van der Waals surface area contributed by atoms with E-state index in [1.54, 1.807) is 0 Å². The summed E-state index contributed by atoms with van der Waals surface area (Å²) in [5, 5.41) is 0. The molecular formula is C10H14F6. The Morgan fingerprint density at radius 2 is 1.25 bits per heavy atom. The monoisotopic (exact) mass is 248 g/mol. The first kappa shape index (κ1) is 13.6. The minimum atomic E-state index is -5.53. The fourth-order valence-electron chi connectivity index (χ4n) is 2.04. The van der Waals surface area contributed by atoms with Gasteiger partial charge in [0.15, 0.2) is 0 Å². The van der Waals surface area contributed by atoms with Crippen molar-refractivity contribution in [2.24, 2.45) is 5.92 Å². The van der Waals surface area contributed by atoms with Crippen LogP contribution in [0.15, 0.2) is 0 Å². The lowest BCUT2D eigenvalue weighted by atomic mass is 9.78. The maximum atomic E-state index is 13.5. The Hall–Kier alpha value is -0.420. The molecule has 1 unspecified atom stereocenters. The van der Waals surface area contributed by atoms with Gasteiger partial charge in [-0.15, -0.1) is 0 Å². The molecule has 0 N–H and O–H groups in total. The Bertz CT molecular complexity index is 236. The number of alkyl halides is 6. The van der Waals surface area contributed by atoms with E-state index in [0.29, 0.717) is 12.8 Å². The molecule has 0 aliphatic heterocycles. The van der Waals surface area contributed by atoms with E-state index in [4.69, 9.17) is 0 Å². The molecule has 1 aliphatic rings. The highest BCUT2D eigenvalue weighted by molar-refractivity contribution is 5.00. The van der Waals surface area contributed by atoms with Gasteiger partial charge >= 0.3 is 6.18 Å². The summed E-state index contributed by atoms with van der Waals surface area (Å²) in [4.78, 5) is 0. The van der Waals surface area contributed by atoms with Crippen molar-refractivity contribution in [2.75, 3.05) is 0 Å². The van der Waals surface area contributed by atoms with Crippen molar-refractivity contribution in [1.29, 1.82) is 0 Å². The van der Waals surface area contributed by atoms with Gasteiger partial charge in [0, 0.05) is 5.92 Å². The summed E-state index contributed by atoms with van der Waals surface area (Å²) in [5.74, 6) is -5.84. The molecule has 0 spiro atoms. The van der Waals surface area contributed by atoms with Crippen LogP contribution in [0.2, 0.25) is 0 Å². The van der Waals surface area contributed by atoms with Crippen molar-refractivity contribution in [3.63, 3.8) is 0 Å². The first-order valence-corrected chi connectivity index (χ1v) is 5.24. The zero-order chi connectivity index (χ0) is 12.6. The van der Waals surface area contributed by atoms with Gasteiger partial charge in [-0.3, -0.25) is 0 Å². The Balaban J connectivity index is 2.90. The third-order valence-electron chi connectivity index (χ3n) is 3.28. The van der Waals surface area contributed by atoms with E-state index < -0.39 is 23.7 Å². The van der Waals surface area contributed by atoms with Crippen LogP contribution in [0.1, 0.15) is 39.0 Å². The second kappa shape index (κ2) is 4.11. The summed E-state index contributed by atoms with van der Waals surface area (Å²) >= 11 is 0. The van der Waals surface area contributed by atoms with Gasteiger partial charge < -0.3 is 0 Å². The van der Waals surface area contributed by atoms with Crippen molar-refractivity contribution in [1.82, 2.24) is 0 Å². The van der Waals surface area contributed by atoms with Crippen LogP contribution in [0.4, 0.5) is 26.3 Å². The maximum Gasteiger partial charge on any atom is 0.428 e. The molecule has 0 saturated heterocycles. The van der Waals surface area contributed by atoms with Crippen LogP contribution >= 0.6 is 0 Å². The SMILES string of the molecule is CC(F)(C(F)(F)F)C(F)(F)C1CCCCC1. The topological polar surface area (TPSA) is 0 Å². The summed E-state index contributed by atoms with van der Waals surface area (Å²) in [5.41, 5.74) is -4.44. The van der Waals surface area contributed by atoms with Crippen LogP contribution in [0.5, 0.6) is 0 Å². The number of rotatable bonds is 2. The number of hydrogen-bond acceptors (Lipinski definition) is 0. The second-order valence-electron chi connectivity index (χ2n) is 4.46. The molecule has 0 bridgehead atoms. The Labute approximate surface area is 90.0 Å². The van der Waals surface area contributed by atoms with Gasteiger partial charge in [-0.2, -0.15) is 13.2 Å². The summed E-state index contributed by atoms with van der Waals surface area (Å²) in [7, 11) is 0. The molecule has 0 heterocycles. The highest BCUT2D eigenvalue weighted by Crippen LogP contribution is 2.51. The molecular weight excluding hydrogens is 234 g/mol. The van der Waals surface area contributed by atoms with E-state index >= 15 is 0 Å². The van der Waals surface area contributed by atoms with Crippen LogP contribution in [-0.2, 0) is 0 Å². The van der Waals surface area contributed by atoms with Crippen molar-refractivity contribution in [2.45, 2.75) is 56.8 Å². The molecule has 1 atom stereocenters. The average molecular weight is 248 g/mol. The molecule has 16 heavy (non-hydrogen) atoms. The Morgan fingerprint density at radius 3 is 1.62 bits per heavy atom. The lowest BCUT2D eigenvalue weighted by Gasteiger charge is -2.38. The zero-order valence-electron chi connectivity index (χ0n) is 8.88. The smallest absolute Gasteiger partial charge is 0.227 e. The number of halogens is 6. The van der Waals surface area contributed by atoms with Crippen molar-refractivity contribution >= 4 is 0 Å². The first-order valence-electron chi connectivity index (χ1n) is 5.24. The standard InChI is InChI=1S/C10H14F6/c1-8(11,10(14,15)16)9(12,13)7-5-3-2-4-6-7/h7H,2-6H2,1H3. The molecule has 6 heteroatoms. The van der Waals surface area contributed by atoms with Crippen LogP contribution in [0.3, 0.4) is 0 Å². The third-order valence-corrected chi connectivity index (χ3v) is 3.28. The van der Waals surface area contributed by atoms with Gasteiger partial charge in [0.1, 0.15) is 0 Å². The van der Waals surface area contributed by atoms with E-state index in [1.165, 1.54) is 0 Å². The van der Waals surface area contributed by atoms with E-state index in [1.807, 2.05) is 0 Å². The van der Waals surface area contributed by atoms with Gasteiger partial charge in [0.2, 0.25) is 0 Å². The predicted molar refractivity (Wildman–Crippen MR) is 47.1 cm³/mol. The van der Waals surface area contributed by atoms with Gasteiger partial charge in [-0.05, 0) is 19.8 Å². The summed E-state index contributed by atoms with van der Waals surface area (Å²) < 4.78 is 76.9. The molecule has 1 rings (SSSR count). The fourth-order valence-corrected chi connectivity index (χ4v) is 2.04. The lowest BCUT2D eigenvalue weighted by molar-refractivity contribution is -0.310. The molecule has 96 valence electrons. The minimum absolute atomic E-state index is 0.0391. The predicted octanol–water partition coefficient (Wildman–Crippen LogP) is 4.49. The quantitative estimate of drug-likeness (QED) is 0.631. The third kappa shape index (κ3) is 2.15. The van der Waals surface area contributed by atoms with Crippen LogP contribution in [0, 0.1) is 5.92 Å². The Kier molecular flexibility index (Phi) is 3.50. The zero-order valence-corrected chi connectivity index (χ0v) is 8.88. The molecule has 0 aromatic heterocycles. The first-order chi connectivity index (χ1) is 7.11. The van der Waals surface area contributed by atoms with E-state index in [0.717, 1.165) is 6.42 Å². The lowest BCUT2D eigenvalue weighted by Crippen LogP contribution is -2.56. The normalized spacial score (nSPS) is 24.2. The van der Waals surface area contributed by atoms with Gasteiger partial charge in [-0.25, -0.2) is 13.2 Å². The van der Waals surface area contributed by atoms with E-state index in [9.17, 15) is 26.3 Å². The highest BCUT2D eigenvalue weighted by Gasteiger charge is 2.69. The molecule has 1 aliphatic carbocycles. The summed E-state index contributed by atoms with van der Waals surface area (Å²) in [6, 6.07) is 0. The second-order valence-corrected chi connectivity index (χ2v) is 4.46. The van der Waals surface area contributed by atoms with Crippen molar-refractivity contribution < 1.29 is 26.3 Å². The van der Waals surface area contributed by atoms with Crippen LogP contribution in [-0.4, -0.2) is 17.8 Å². The average Bonchev–Trinajstić information content (AvgIpc) is 2.17. The number of hydrogen-bond donors (Lipinski definition) is 0. The molecule has 0 amide bonds. The van der Waals surface area contributed by atoms with E-state index in [-0.39, 0.29) is 19.8 Å². The molecule has 1 saturated carbocycles. The molecule has 0 nitrogen and oxygen atoms in total. The van der Waals surface area contributed by atoms with Crippen molar-refractivity contribution in [3.05, 3.63) is 0 Å². The van der Waals surface area contributed by atoms with Gasteiger partial charge in [0.25, 0.3) is 11.6 Å². The minimum Gasteiger partial charge on any atom is -0.227 e. The molecule has 1 fully saturated rings. The maximum absolute atomic E-state index is 13.5. The molecule has 0 radical (unpaired) electrons. The van der Waals surface area contributed by atoms with Gasteiger partial charge in [-0.1, -0.05) is 19.3 Å². The summed E-state index contributed by atoms with van der Waals surface area (Å²) in [6.45, 7) is -0.0679. The fraction of sp³-hybridized carbons (Fsp3) is 1.00. The Morgan fingerprint density at radius 1 is 0.812 bits per heavy atom. The van der Waals surface area contributed by atoms with Crippen LogP contribution < -0.4 is 0 Å². The molecule has 0 aromatic rings. The summed E-state index contributed by atoms with van der Waals surface area (Å²) in [6.07, 6.45) is -4.01. The van der Waals surface area contributed by atoms with E-state index in [2.05, 4.69) is 0 Å². The van der Waals surface area contributed by atoms with Gasteiger partial charge in [0.05, 0.1) is 0 Å². The molecule has 0 aromatic carbocycles.